The van der Waals surface area contributed by atoms with E-state index in [1.807, 2.05) is 19.1 Å². The van der Waals surface area contributed by atoms with Crippen LogP contribution >= 0.6 is 0 Å². The van der Waals surface area contributed by atoms with Gasteiger partial charge in [-0.2, -0.15) is 9.61 Å². The van der Waals surface area contributed by atoms with Gasteiger partial charge in [0.1, 0.15) is 11.6 Å². The van der Waals surface area contributed by atoms with Crippen molar-refractivity contribution in [2.45, 2.75) is 32.6 Å². The molecule has 0 saturated heterocycles. The highest BCUT2D eigenvalue weighted by Gasteiger charge is 2.04. The molecule has 0 fully saturated rings. The molecule has 0 bridgehead atoms. The van der Waals surface area contributed by atoms with Crippen LogP contribution < -0.4 is 5.73 Å². The van der Waals surface area contributed by atoms with Crippen molar-refractivity contribution in [3.63, 3.8) is 0 Å². The summed E-state index contributed by atoms with van der Waals surface area (Å²) in [5.74, 6) is 0.875. The molecule has 2 rings (SSSR count). The minimum absolute atomic E-state index is 0.295. The Morgan fingerprint density at radius 3 is 3.12 bits per heavy atom. The lowest BCUT2D eigenvalue weighted by molar-refractivity contribution is -0.118. The van der Waals surface area contributed by atoms with E-state index in [-0.39, 0.29) is 0 Å². The number of anilines is 1. The fourth-order valence-electron chi connectivity index (χ4n) is 1.76. The Morgan fingerprint density at radius 1 is 1.53 bits per heavy atom. The van der Waals surface area contributed by atoms with Crippen molar-refractivity contribution in [1.82, 2.24) is 14.6 Å². The average molecular weight is 232 g/mol. The van der Waals surface area contributed by atoms with E-state index in [0.717, 1.165) is 24.2 Å². The molecular formula is C12H16N4O. The Balaban J connectivity index is 2.06. The molecule has 0 atom stereocenters. The fraction of sp³-hybridized carbons (Fsp3) is 0.417. The number of hydrogen-bond donors (Lipinski definition) is 1. The summed E-state index contributed by atoms with van der Waals surface area (Å²) >= 11 is 0. The molecule has 0 unspecified atom stereocenters. The number of rotatable bonds is 5. The number of aryl methyl sites for hydroxylation is 1. The first-order valence-corrected chi connectivity index (χ1v) is 5.81. The molecule has 90 valence electrons. The van der Waals surface area contributed by atoms with Gasteiger partial charge >= 0.3 is 0 Å². The van der Waals surface area contributed by atoms with Crippen molar-refractivity contribution in [2.24, 2.45) is 0 Å². The molecular weight excluding hydrogens is 216 g/mol. The summed E-state index contributed by atoms with van der Waals surface area (Å²) in [6.45, 7) is 1.89. The van der Waals surface area contributed by atoms with Gasteiger partial charge in [0.2, 0.25) is 0 Å². The lowest BCUT2D eigenvalue weighted by atomic mass is 10.1. The second-order valence-corrected chi connectivity index (χ2v) is 4.02. The number of fused-ring (bicyclic) bond motifs is 1. The zero-order chi connectivity index (χ0) is 12.3. The van der Waals surface area contributed by atoms with Crippen molar-refractivity contribution in [3.8, 4) is 0 Å². The quantitative estimate of drug-likeness (QED) is 0.850. The highest BCUT2D eigenvalue weighted by molar-refractivity contribution is 5.77. The Labute approximate surface area is 99.6 Å². The van der Waals surface area contributed by atoms with Crippen LogP contribution in [0.4, 0.5) is 5.82 Å². The molecule has 2 N–H and O–H groups in total. The Hall–Kier alpha value is -1.91. The molecule has 0 saturated carbocycles. The summed E-state index contributed by atoms with van der Waals surface area (Å²) < 4.78 is 1.60. The number of hydrogen-bond acceptors (Lipinski definition) is 4. The van der Waals surface area contributed by atoms with Crippen molar-refractivity contribution >= 4 is 17.2 Å². The second kappa shape index (κ2) is 4.95. The number of nitrogen functional groups attached to an aromatic ring is 1. The van der Waals surface area contributed by atoms with Crippen LogP contribution in [0.2, 0.25) is 0 Å². The van der Waals surface area contributed by atoms with Crippen LogP contribution in [0.5, 0.6) is 0 Å². The minimum Gasteiger partial charge on any atom is -0.384 e. The number of carbonyl (C=O) groups is 1. The van der Waals surface area contributed by atoms with Crippen LogP contribution in [0.1, 0.15) is 31.9 Å². The van der Waals surface area contributed by atoms with Gasteiger partial charge in [0.25, 0.3) is 0 Å². The molecule has 0 aliphatic rings. The Bertz CT molecular complexity index is 532. The van der Waals surface area contributed by atoms with Gasteiger partial charge in [-0.1, -0.05) is 6.92 Å². The third kappa shape index (κ3) is 2.61. The lowest BCUT2D eigenvalue weighted by Gasteiger charge is -2.03. The maximum absolute atomic E-state index is 11.2. The van der Waals surface area contributed by atoms with Gasteiger partial charge in [0.05, 0.1) is 6.20 Å². The van der Waals surface area contributed by atoms with Gasteiger partial charge in [0, 0.05) is 30.7 Å². The number of carbonyl (C=O) groups excluding carboxylic acids is 1. The highest BCUT2D eigenvalue weighted by atomic mass is 16.1. The van der Waals surface area contributed by atoms with Crippen LogP contribution in [0.25, 0.3) is 5.65 Å². The minimum atomic E-state index is 0.295. The van der Waals surface area contributed by atoms with Crippen LogP contribution in [0.15, 0.2) is 18.3 Å². The summed E-state index contributed by atoms with van der Waals surface area (Å²) in [6, 6.07) is 3.63. The molecule has 0 aliphatic heterocycles. The molecule has 2 heterocycles. The summed E-state index contributed by atoms with van der Waals surface area (Å²) in [7, 11) is 0. The van der Waals surface area contributed by atoms with E-state index in [1.165, 1.54) is 0 Å². The molecule has 0 aliphatic carbocycles. The maximum Gasteiger partial charge on any atom is 0.157 e. The van der Waals surface area contributed by atoms with Gasteiger partial charge in [-0.25, -0.2) is 4.98 Å². The van der Waals surface area contributed by atoms with Gasteiger partial charge < -0.3 is 5.73 Å². The van der Waals surface area contributed by atoms with Crippen molar-refractivity contribution in [1.29, 1.82) is 0 Å². The zero-order valence-electron chi connectivity index (χ0n) is 9.89. The Kier molecular flexibility index (Phi) is 3.37. The van der Waals surface area contributed by atoms with Crippen LogP contribution in [0.3, 0.4) is 0 Å². The van der Waals surface area contributed by atoms with Crippen LogP contribution in [0, 0.1) is 0 Å². The van der Waals surface area contributed by atoms with E-state index in [2.05, 4.69) is 10.1 Å². The summed E-state index contributed by atoms with van der Waals surface area (Å²) in [4.78, 5) is 15.6. The van der Waals surface area contributed by atoms with Crippen molar-refractivity contribution < 1.29 is 4.79 Å². The van der Waals surface area contributed by atoms with Gasteiger partial charge in [-0.3, -0.25) is 4.79 Å². The number of aromatic nitrogens is 3. The van der Waals surface area contributed by atoms with E-state index in [1.54, 1.807) is 10.7 Å². The molecule has 2 aromatic heterocycles. The fourth-order valence-corrected chi connectivity index (χ4v) is 1.76. The van der Waals surface area contributed by atoms with Crippen LogP contribution in [-0.4, -0.2) is 20.4 Å². The van der Waals surface area contributed by atoms with E-state index in [9.17, 15) is 4.79 Å². The van der Waals surface area contributed by atoms with E-state index < -0.39 is 0 Å². The number of nitrogens with zero attached hydrogens (tertiary/aromatic N) is 3. The second-order valence-electron chi connectivity index (χ2n) is 4.02. The van der Waals surface area contributed by atoms with Crippen LogP contribution in [-0.2, 0) is 11.2 Å². The summed E-state index contributed by atoms with van der Waals surface area (Å²) in [6.07, 6.45) is 4.49. The molecule has 0 spiro atoms. The first-order valence-electron chi connectivity index (χ1n) is 5.81. The van der Waals surface area contributed by atoms with Gasteiger partial charge in [0.15, 0.2) is 5.65 Å². The van der Waals surface area contributed by atoms with E-state index in [0.29, 0.717) is 24.4 Å². The van der Waals surface area contributed by atoms with E-state index >= 15 is 0 Å². The van der Waals surface area contributed by atoms with Gasteiger partial charge in [-0.05, 0) is 12.8 Å². The monoisotopic (exact) mass is 232 g/mol. The normalized spacial score (nSPS) is 10.9. The van der Waals surface area contributed by atoms with Gasteiger partial charge in [-0.15, -0.1) is 0 Å². The highest BCUT2D eigenvalue weighted by Crippen LogP contribution is 2.11. The first kappa shape index (κ1) is 11.6. The number of nitrogens with two attached hydrogens (primary N) is 1. The lowest BCUT2D eigenvalue weighted by Crippen LogP contribution is -2.03. The first-order chi connectivity index (χ1) is 8.20. The average Bonchev–Trinajstić information content (AvgIpc) is 2.77. The smallest absolute Gasteiger partial charge is 0.157 e. The molecule has 17 heavy (non-hydrogen) atoms. The molecule has 0 aromatic carbocycles. The third-order valence-corrected chi connectivity index (χ3v) is 2.72. The van der Waals surface area contributed by atoms with Crippen molar-refractivity contribution in [2.75, 3.05) is 5.73 Å². The summed E-state index contributed by atoms with van der Waals surface area (Å²) in [5, 5.41) is 4.06. The Morgan fingerprint density at radius 2 is 2.35 bits per heavy atom. The predicted molar refractivity (Wildman–Crippen MR) is 65.6 cm³/mol. The largest absolute Gasteiger partial charge is 0.384 e. The zero-order valence-corrected chi connectivity index (χ0v) is 9.89. The predicted octanol–water partition coefficient (Wildman–Crippen LogP) is 1.61. The molecule has 5 nitrogen and oxygen atoms in total. The van der Waals surface area contributed by atoms with Crippen molar-refractivity contribution in [3.05, 3.63) is 24.0 Å². The number of ketones is 1. The van der Waals surface area contributed by atoms with E-state index in [4.69, 9.17) is 5.73 Å². The number of Topliss-reactive ketones (excluding diaryl/α,β-unsaturated/α-hetero) is 1. The molecule has 2 aromatic rings. The maximum atomic E-state index is 11.2. The topological polar surface area (TPSA) is 73.3 Å². The third-order valence-electron chi connectivity index (χ3n) is 2.72. The molecule has 0 radical (unpaired) electrons. The SMILES string of the molecule is CCC(=O)CCCc1cc(N)n2nccc2n1. The summed E-state index contributed by atoms with van der Waals surface area (Å²) in [5.41, 5.74) is 7.52. The standard InChI is InChI=1S/C12H16N4O/c1-2-10(17)5-3-4-9-8-11(13)16-12(15-9)6-7-14-16/h6-8H,2-5,13H2,1H3. The molecule has 5 heteroatoms. The molecule has 0 amide bonds.